The monoisotopic (exact) mass is 270 g/mol. The van der Waals surface area contributed by atoms with E-state index in [1.54, 1.807) is 10.9 Å². The van der Waals surface area contributed by atoms with Gasteiger partial charge in [-0.05, 0) is 32.0 Å². The van der Waals surface area contributed by atoms with Crippen LogP contribution in [-0.4, -0.2) is 34.8 Å². The minimum Gasteiger partial charge on any atom is -0.348 e. The third-order valence-electron chi connectivity index (χ3n) is 3.56. The Hall–Kier alpha value is -2.14. The molecule has 1 atom stereocenters. The normalized spacial score (nSPS) is 18.1. The van der Waals surface area contributed by atoms with Gasteiger partial charge in [0.05, 0.1) is 16.9 Å². The molecule has 2 heterocycles. The fourth-order valence-corrected chi connectivity index (χ4v) is 2.44. The Labute approximate surface area is 118 Å². The Kier molecular flexibility index (Phi) is 3.52. The number of benzene rings is 1. The molecule has 1 fully saturated rings. The van der Waals surface area contributed by atoms with Gasteiger partial charge in [0.15, 0.2) is 0 Å². The summed E-state index contributed by atoms with van der Waals surface area (Å²) in [6.45, 7) is 3.67. The minimum absolute atomic E-state index is 0.0432. The molecule has 3 rings (SSSR count). The summed E-state index contributed by atoms with van der Waals surface area (Å²) in [7, 11) is 0. The van der Waals surface area contributed by atoms with Crippen LogP contribution in [0.3, 0.4) is 0 Å². The van der Waals surface area contributed by atoms with Crippen molar-refractivity contribution in [3.63, 3.8) is 0 Å². The number of aromatic nitrogens is 2. The van der Waals surface area contributed by atoms with Gasteiger partial charge in [-0.1, -0.05) is 18.2 Å². The first-order valence-electron chi connectivity index (χ1n) is 6.87. The standard InChI is InChI=1S/C15H18N4O/c1-11-14(15(20)17-12-7-8-16-9-12)10-19(18-11)13-5-3-2-4-6-13/h2-6,10,12,16H,7-9H2,1H3,(H,17,20). The highest BCUT2D eigenvalue weighted by Crippen LogP contribution is 2.12. The van der Waals surface area contributed by atoms with Crippen molar-refractivity contribution in [3.8, 4) is 5.69 Å². The van der Waals surface area contributed by atoms with E-state index in [1.165, 1.54) is 0 Å². The van der Waals surface area contributed by atoms with Gasteiger partial charge in [-0.25, -0.2) is 4.68 Å². The molecule has 1 aliphatic heterocycles. The van der Waals surface area contributed by atoms with Crippen LogP contribution in [0.2, 0.25) is 0 Å². The van der Waals surface area contributed by atoms with Crippen LogP contribution in [-0.2, 0) is 0 Å². The molecule has 0 saturated carbocycles. The molecule has 0 aliphatic carbocycles. The number of carbonyl (C=O) groups excluding carboxylic acids is 1. The Morgan fingerprint density at radius 1 is 1.40 bits per heavy atom. The van der Waals surface area contributed by atoms with Crippen LogP contribution in [0.25, 0.3) is 5.69 Å². The van der Waals surface area contributed by atoms with Crippen LogP contribution >= 0.6 is 0 Å². The van der Waals surface area contributed by atoms with Crippen molar-refractivity contribution in [3.05, 3.63) is 47.8 Å². The highest BCUT2D eigenvalue weighted by molar-refractivity contribution is 5.95. The van der Waals surface area contributed by atoms with Crippen molar-refractivity contribution in [2.45, 2.75) is 19.4 Å². The second kappa shape index (κ2) is 5.46. The second-order valence-electron chi connectivity index (χ2n) is 5.07. The number of amides is 1. The zero-order valence-corrected chi connectivity index (χ0v) is 11.5. The first-order chi connectivity index (χ1) is 9.74. The number of hydrogen-bond acceptors (Lipinski definition) is 3. The topological polar surface area (TPSA) is 59.0 Å². The third kappa shape index (κ3) is 2.58. The van der Waals surface area contributed by atoms with E-state index < -0.39 is 0 Å². The summed E-state index contributed by atoms with van der Waals surface area (Å²) in [5.74, 6) is -0.0432. The SMILES string of the molecule is Cc1nn(-c2ccccc2)cc1C(=O)NC1CCNC1. The summed E-state index contributed by atoms with van der Waals surface area (Å²) in [6, 6.07) is 10.0. The summed E-state index contributed by atoms with van der Waals surface area (Å²) >= 11 is 0. The van der Waals surface area contributed by atoms with Crippen molar-refractivity contribution < 1.29 is 4.79 Å². The second-order valence-corrected chi connectivity index (χ2v) is 5.07. The molecule has 1 aromatic carbocycles. The van der Waals surface area contributed by atoms with Crippen molar-refractivity contribution in [1.29, 1.82) is 0 Å². The minimum atomic E-state index is -0.0432. The molecule has 5 nitrogen and oxygen atoms in total. The van der Waals surface area contributed by atoms with E-state index in [9.17, 15) is 4.79 Å². The molecule has 20 heavy (non-hydrogen) atoms. The summed E-state index contributed by atoms with van der Waals surface area (Å²) in [6.07, 6.45) is 2.78. The molecule has 2 N–H and O–H groups in total. The molecule has 5 heteroatoms. The lowest BCUT2D eigenvalue weighted by atomic mass is 10.2. The summed E-state index contributed by atoms with van der Waals surface area (Å²) in [5, 5.41) is 10.7. The highest BCUT2D eigenvalue weighted by Gasteiger charge is 2.20. The zero-order valence-electron chi connectivity index (χ0n) is 11.5. The van der Waals surface area contributed by atoms with Crippen LogP contribution in [0, 0.1) is 6.92 Å². The van der Waals surface area contributed by atoms with Gasteiger partial charge in [0.1, 0.15) is 0 Å². The van der Waals surface area contributed by atoms with E-state index in [4.69, 9.17) is 0 Å². The Balaban J connectivity index is 1.80. The summed E-state index contributed by atoms with van der Waals surface area (Å²) < 4.78 is 1.75. The molecule has 0 bridgehead atoms. The molecule has 104 valence electrons. The third-order valence-corrected chi connectivity index (χ3v) is 3.56. The fraction of sp³-hybridized carbons (Fsp3) is 0.333. The zero-order chi connectivity index (χ0) is 13.9. The van der Waals surface area contributed by atoms with E-state index in [-0.39, 0.29) is 11.9 Å². The van der Waals surface area contributed by atoms with Crippen LogP contribution in [0.1, 0.15) is 22.5 Å². The summed E-state index contributed by atoms with van der Waals surface area (Å²) in [5.41, 5.74) is 2.34. The quantitative estimate of drug-likeness (QED) is 0.883. The maximum atomic E-state index is 12.3. The number of aryl methyl sites for hydroxylation is 1. The largest absolute Gasteiger partial charge is 0.348 e. The number of rotatable bonds is 3. The van der Waals surface area contributed by atoms with Crippen molar-refractivity contribution >= 4 is 5.91 Å². The fourth-order valence-electron chi connectivity index (χ4n) is 2.44. The van der Waals surface area contributed by atoms with E-state index in [2.05, 4.69) is 15.7 Å². The van der Waals surface area contributed by atoms with Gasteiger partial charge in [0, 0.05) is 18.8 Å². The van der Waals surface area contributed by atoms with Gasteiger partial charge in [-0.3, -0.25) is 4.79 Å². The molecular weight excluding hydrogens is 252 g/mol. The van der Waals surface area contributed by atoms with Gasteiger partial charge in [0.25, 0.3) is 5.91 Å². The van der Waals surface area contributed by atoms with Crippen molar-refractivity contribution in [1.82, 2.24) is 20.4 Å². The van der Waals surface area contributed by atoms with E-state index in [0.717, 1.165) is 30.9 Å². The van der Waals surface area contributed by atoms with Crippen molar-refractivity contribution in [2.75, 3.05) is 13.1 Å². The lowest BCUT2D eigenvalue weighted by Crippen LogP contribution is -2.36. The molecule has 2 aromatic rings. The van der Waals surface area contributed by atoms with Gasteiger partial charge >= 0.3 is 0 Å². The Morgan fingerprint density at radius 2 is 2.20 bits per heavy atom. The lowest BCUT2D eigenvalue weighted by molar-refractivity contribution is 0.0939. The molecular formula is C15H18N4O. The molecule has 1 saturated heterocycles. The number of para-hydroxylation sites is 1. The van der Waals surface area contributed by atoms with Gasteiger partial charge in [-0.2, -0.15) is 5.10 Å². The molecule has 0 spiro atoms. The maximum Gasteiger partial charge on any atom is 0.255 e. The number of nitrogens with zero attached hydrogens (tertiary/aromatic N) is 2. The number of hydrogen-bond donors (Lipinski definition) is 2. The van der Waals surface area contributed by atoms with E-state index in [0.29, 0.717) is 5.56 Å². The predicted molar refractivity (Wildman–Crippen MR) is 77.0 cm³/mol. The Bertz CT molecular complexity index is 600. The first-order valence-corrected chi connectivity index (χ1v) is 6.87. The average Bonchev–Trinajstić information content (AvgIpc) is 3.09. The van der Waals surface area contributed by atoms with Crippen LogP contribution in [0.15, 0.2) is 36.5 Å². The van der Waals surface area contributed by atoms with Gasteiger partial charge in [0.2, 0.25) is 0 Å². The number of carbonyl (C=O) groups is 1. The molecule has 1 unspecified atom stereocenters. The number of nitrogens with one attached hydrogen (secondary N) is 2. The smallest absolute Gasteiger partial charge is 0.255 e. The maximum absolute atomic E-state index is 12.3. The van der Waals surface area contributed by atoms with Crippen molar-refractivity contribution in [2.24, 2.45) is 0 Å². The predicted octanol–water partition coefficient (Wildman–Crippen LogP) is 1.27. The van der Waals surface area contributed by atoms with Gasteiger partial charge in [-0.15, -0.1) is 0 Å². The molecule has 1 amide bonds. The van der Waals surface area contributed by atoms with E-state index >= 15 is 0 Å². The van der Waals surface area contributed by atoms with Crippen LogP contribution in [0.4, 0.5) is 0 Å². The lowest BCUT2D eigenvalue weighted by Gasteiger charge is -2.10. The summed E-state index contributed by atoms with van der Waals surface area (Å²) in [4.78, 5) is 12.3. The molecule has 1 aliphatic rings. The van der Waals surface area contributed by atoms with Gasteiger partial charge < -0.3 is 10.6 Å². The molecule has 0 radical (unpaired) electrons. The Morgan fingerprint density at radius 3 is 2.90 bits per heavy atom. The average molecular weight is 270 g/mol. The first kappa shape index (κ1) is 12.9. The van der Waals surface area contributed by atoms with Crippen LogP contribution < -0.4 is 10.6 Å². The van der Waals surface area contributed by atoms with Crippen LogP contribution in [0.5, 0.6) is 0 Å². The molecule has 1 aromatic heterocycles. The highest BCUT2D eigenvalue weighted by atomic mass is 16.1. The van der Waals surface area contributed by atoms with E-state index in [1.807, 2.05) is 37.3 Å².